The van der Waals surface area contributed by atoms with Crippen LogP contribution >= 0.6 is 23.2 Å². The van der Waals surface area contributed by atoms with Gasteiger partial charge in [-0.1, -0.05) is 102 Å². The minimum Gasteiger partial charge on any atom is -0.350 e. The maximum atomic E-state index is 14.5. The Morgan fingerprint density at radius 1 is 0.822 bits per heavy atom. The minimum absolute atomic E-state index is 0.0229. The van der Waals surface area contributed by atoms with Crippen molar-refractivity contribution in [2.75, 3.05) is 10.8 Å². The zero-order chi connectivity index (χ0) is 32.8. The Hall–Kier alpha value is -3.85. The second kappa shape index (κ2) is 14.5. The summed E-state index contributed by atoms with van der Waals surface area (Å²) in [6.07, 6.45) is 0.212. The number of anilines is 1. The highest BCUT2D eigenvalue weighted by molar-refractivity contribution is 7.92. The van der Waals surface area contributed by atoms with Crippen molar-refractivity contribution < 1.29 is 18.0 Å². The van der Waals surface area contributed by atoms with Gasteiger partial charge in [-0.2, -0.15) is 0 Å². The highest BCUT2D eigenvalue weighted by atomic mass is 35.5. The molecule has 0 fully saturated rings. The number of amides is 2. The maximum absolute atomic E-state index is 14.5. The first-order chi connectivity index (χ1) is 21.2. The summed E-state index contributed by atoms with van der Waals surface area (Å²) in [5.74, 6) is -0.943. The first-order valence-electron chi connectivity index (χ1n) is 14.5. The maximum Gasteiger partial charge on any atom is 0.264 e. The Kier molecular flexibility index (Phi) is 11.0. The molecule has 4 aromatic rings. The molecule has 0 aliphatic carbocycles. The summed E-state index contributed by atoms with van der Waals surface area (Å²) >= 11 is 12.8. The van der Waals surface area contributed by atoms with E-state index in [-0.39, 0.29) is 39.5 Å². The minimum atomic E-state index is -4.29. The molecule has 0 radical (unpaired) electrons. The van der Waals surface area contributed by atoms with Crippen LogP contribution in [0, 0.1) is 6.92 Å². The van der Waals surface area contributed by atoms with E-state index < -0.39 is 34.1 Å². The lowest BCUT2D eigenvalue weighted by Crippen LogP contribution is -2.56. The lowest BCUT2D eigenvalue weighted by Gasteiger charge is -2.35. The number of aryl methyl sites for hydroxylation is 1. The van der Waals surface area contributed by atoms with E-state index in [0.717, 1.165) is 21.0 Å². The molecule has 0 saturated carbocycles. The van der Waals surface area contributed by atoms with Crippen molar-refractivity contribution in [1.29, 1.82) is 0 Å². The van der Waals surface area contributed by atoms with Gasteiger partial charge in [-0.25, -0.2) is 8.42 Å². The van der Waals surface area contributed by atoms with Crippen molar-refractivity contribution in [1.82, 2.24) is 10.2 Å². The van der Waals surface area contributed by atoms with Crippen LogP contribution in [0.5, 0.6) is 0 Å². The Bertz CT molecular complexity index is 1730. The summed E-state index contributed by atoms with van der Waals surface area (Å²) in [6.45, 7) is 7.00. The van der Waals surface area contributed by atoms with Crippen molar-refractivity contribution >= 4 is 50.7 Å². The molecular weight excluding hydrogens is 629 g/mol. The van der Waals surface area contributed by atoms with Gasteiger partial charge >= 0.3 is 0 Å². The Labute approximate surface area is 275 Å². The number of hydrogen-bond acceptors (Lipinski definition) is 4. The fourth-order valence-corrected chi connectivity index (χ4v) is 6.69. The second-order valence-corrected chi connectivity index (χ2v) is 14.6. The number of nitrogens with one attached hydrogen (secondary N) is 1. The quantitative estimate of drug-likeness (QED) is 0.186. The highest BCUT2D eigenvalue weighted by Gasteiger charge is 2.36. The van der Waals surface area contributed by atoms with Crippen LogP contribution in [0.2, 0.25) is 10.0 Å². The molecule has 0 heterocycles. The summed E-state index contributed by atoms with van der Waals surface area (Å²) in [5, 5.41) is 3.37. The van der Waals surface area contributed by atoms with Gasteiger partial charge in [0.25, 0.3) is 10.0 Å². The van der Waals surface area contributed by atoms with Gasteiger partial charge in [0.2, 0.25) is 11.8 Å². The molecule has 1 N–H and O–H groups in total. The largest absolute Gasteiger partial charge is 0.350 e. The summed E-state index contributed by atoms with van der Waals surface area (Å²) in [7, 11) is -4.29. The van der Waals surface area contributed by atoms with E-state index in [1.807, 2.05) is 82.3 Å². The topological polar surface area (TPSA) is 86.8 Å². The van der Waals surface area contributed by atoms with Gasteiger partial charge in [0, 0.05) is 23.5 Å². The predicted octanol–water partition coefficient (Wildman–Crippen LogP) is 7.05. The number of benzene rings is 4. The lowest BCUT2D eigenvalue weighted by molar-refractivity contribution is -0.140. The van der Waals surface area contributed by atoms with Crippen LogP contribution < -0.4 is 9.62 Å². The zero-order valence-electron chi connectivity index (χ0n) is 25.7. The van der Waals surface area contributed by atoms with Crippen LogP contribution in [0.1, 0.15) is 37.5 Å². The summed E-state index contributed by atoms with van der Waals surface area (Å²) < 4.78 is 29.2. The van der Waals surface area contributed by atoms with Crippen LogP contribution in [-0.2, 0) is 32.6 Å². The molecule has 2 amide bonds. The van der Waals surface area contributed by atoms with Crippen LogP contribution in [0.4, 0.5) is 5.69 Å². The predicted molar refractivity (Wildman–Crippen MR) is 181 cm³/mol. The molecule has 0 aliphatic rings. The Balaban J connectivity index is 1.84. The fraction of sp³-hybridized carbons (Fsp3) is 0.257. The number of carbonyl (C=O) groups is 2. The van der Waals surface area contributed by atoms with Crippen molar-refractivity contribution in [2.45, 2.75) is 57.1 Å². The van der Waals surface area contributed by atoms with Gasteiger partial charge in [-0.3, -0.25) is 13.9 Å². The fourth-order valence-electron chi connectivity index (χ4n) is 4.81. The summed E-state index contributed by atoms with van der Waals surface area (Å²) in [4.78, 5) is 29.9. The van der Waals surface area contributed by atoms with Gasteiger partial charge < -0.3 is 10.2 Å². The smallest absolute Gasteiger partial charge is 0.264 e. The normalized spacial score (nSPS) is 12.3. The average Bonchev–Trinajstić information content (AvgIpc) is 3.00. The average molecular weight is 667 g/mol. The first kappa shape index (κ1) is 34.0. The molecule has 0 saturated heterocycles. The molecule has 10 heteroatoms. The molecule has 0 aliphatic heterocycles. The zero-order valence-corrected chi connectivity index (χ0v) is 28.0. The molecule has 0 spiro atoms. The lowest BCUT2D eigenvalue weighted by atomic mass is 10.0. The number of halogens is 2. The molecule has 4 rings (SSSR count). The molecule has 236 valence electrons. The Morgan fingerprint density at radius 2 is 1.42 bits per heavy atom. The standard InChI is InChI=1S/C35H37Cl2N3O4S/c1-25-15-17-27(18-16-25)23-39(32(34(42)38-35(2,3)4)21-26-11-7-5-8-12-26)33(41)24-40(31-22-28(36)19-20-30(31)37)45(43,44)29-13-9-6-10-14-29/h5-20,22,32H,21,23-24H2,1-4H3,(H,38,42)/t32-/m0/s1. The van der Waals surface area contributed by atoms with Gasteiger partial charge in [-0.15, -0.1) is 0 Å². The number of carbonyl (C=O) groups excluding carboxylic acids is 2. The Morgan fingerprint density at radius 3 is 2.02 bits per heavy atom. The molecule has 0 aromatic heterocycles. The SMILES string of the molecule is Cc1ccc(CN(C(=O)CN(c2cc(Cl)ccc2Cl)S(=O)(=O)c2ccccc2)[C@@H](Cc2ccccc2)C(=O)NC(C)(C)C)cc1. The van der Waals surface area contributed by atoms with Crippen LogP contribution in [-0.4, -0.2) is 43.3 Å². The van der Waals surface area contributed by atoms with E-state index in [1.165, 1.54) is 29.2 Å². The van der Waals surface area contributed by atoms with Gasteiger partial charge in [0.15, 0.2) is 0 Å². The van der Waals surface area contributed by atoms with Crippen molar-refractivity contribution in [2.24, 2.45) is 0 Å². The molecule has 7 nitrogen and oxygen atoms in total. The van der Waals surface area contributed by atoms with E-state index >= 15 is 0 Å². The van der Waals surface area contributed by atoms with Crippen molar-refractivity contribution in [3.8, 4) is 0 Å². The molecule has 4 aromatic carbocycles. The molecule has 0 unspecified atom stereocenters. The second-order valence-electron chi connectivity index (χ2n) is 11.9. The van der Waals surface area contributed by atoms with Gasteiger partial charge in [0.1, 0.15) is 12.6 Å². The number of rotatable bonds is 11. The molecule has 45 heavy (non-hydrogen) atoms. The molecule has 0 bridgehead atoms. The van der Waals surface area contributed by atoms with Crippen LogP contribution in [0.15, 0.2) is 108 Å². The van der Waals surface area contributed by atoms with Crippen molar-refractivity contribution in [3.05, 3.63) is 130 Å². The molecular formula is C35H37Cl2N3O4S. The van der Waals surface area contributed by atoms with E-state index in [4.69, 9.17) is 23.2 Å². The van der Waals surface area contributed by atoms with E-state index in [2.05, 4.69) is 5.32 Å². The molecule has 1 atom stereocenters. The first-order valence-corrected chi connectivity index (χ1v) is 16.7. The third-order valence-corrected chi connectivity index (χ3v) is 9.36. The number of hydrogen-bond donors (Lipinski definition) is 1. The number of nitrogens with zero attached hydrogens (tertiary/aromatic N) is 2. The van der Waals surface area contributed by atoms with E-state index in [1.54, 1.807) is 24.3 Å². The van der Waals surface area contributed by atoms with Gasteiger partial charge in [-0.05, 0) is 69.2 Å². The summed E-state index contributed by atoms with van der Waals surface area (Å²) in [6, 6.07) is 28.3. The summed E-state index contributed by atoms with van der Waals surface area (Å²) in [5.41, 5.74) is 2.14. The monoisotopic (exact) mass is 665 g/mol. The van der Waals surface area contributed by atoms with Crippen LogP contribution in [0.25, 0.3) is 0 Å². The third kappa shape index (κ3) is 9.10. The van der Waals surface area contributed by atoms with Gasteiger partial charge in [0.05, 0.1) is 15.6 Å². The highest BCUT2D eigenvalue weighted by Crippen LogP contribution is 2.33. The van der Waals surface area contributed by atoms with E-state index in [9.17, 15) is 18.0 Å². The number of sulfonamides is 1. The van der Waals surface area contributed by atoms with E-state index in [0.29, 0.717) is 0 Å². The third-order valence-electron chi connectivity index (χ3n) is 7.03. The van der Waals surface area contributed by atoms with Crippen LogP contribution in [0.3, 0.4) is 0 Å². The van der Waals surface area contributed by atoms with Crippen molar-refractivity contribution in [3.63, 3.8) is 0 Å².